The molecule has 2 amide bonds. The predicted molar refractivity (Wildman–Crippen MR) is 112 cm³/mol. The molecule has 0 radical (unpaired) electrons. The summed E-state index contributed by atoms with van der Waals surface area (Å²) in [4.78, 5) is 38.9. The molecule has 0 bridgehead atoms. The van der Waals surface area contributed by atoms with Crippen molar-refractivity contribution in [1.82, 2.24) is 10.0 Å². The van der Waals surface area contributed by atoms with E-state index in [0.717, 1.165) is 16.1 Å². The zero-order valence-electron chi connectivity index (χ0n) is 16.0. The predicted octanol–water partition coefficient (Wildman–Crippen LogP) is 3.91. The van der Waals surface area contributed by atoms with Crippen molar-refractivity contribution in [3.05, 3.63) is 113 Å². The molecule has 146 valence electrons. The lowest BCUT2D eigenvalue weighted by Crippen LogP contribution is -2.37. The van der Waals surface area contributed by atoms with Crippen molar-refractivity contribution in [1.29, 1.82) is 0 Å². The highest BCUT2D eigenvalue weighted by molar-refractivity contribution is 6.21. The first-order valence-electron chi connectivity index (χ1n) is 9.75. The highest BCUT2D eigenvalue weighted by Gasteiger charge is 2.60. The van der Waals surface area contributed by atoms with E-state index in [1.165, 1.54) is 6.08 Å². The number of hydrazine groups is 1. The van der Waals surface area contributed by atoms with Crippen LogP contribution >= 0.6 is 0 Å². The molecule has 2 aliphatic heterocycles. The molecule has 2 aliphatic rings. The van der Waals surface area contributed by atoms with Gasteiger partial charge in [-0.1, -0.05) is 78.9 Å². The Morgan fingerprint density at radius 3 is 1.87 bits per heavy atom. The van der Waals surface area contributed by atoms with E-state index in [1.807, 2.05) is 60.7 Å². The van der Waals surface area contributed by atoms with Crippen LogP contribution in [0.1, 0.15) is 37.9 Å². The van der Waals surface area contributed by atoms with Gasteiger partial charge in [0.1, 0.15) is 6.04 Å². The lowest BCUT2D eigenvalue weighted by atomic mass is 10.1. The summed E-state index contributed by atoms with van der Waals surface area (Å²) >= 11 is 0. The Morgan fingerprint density at radius 1 is 0.733 bits per heavy atom. The van der Waals surface area contributed by atoms with Gasteiger partial charge in [0.25, 0.3) is 11.8 Å². The average Bonchev–Trinajstić information content (AvgIpc) is 3.48. The molecule has 3 aromatic rings. The van der Waals surface area contributed by atoms with Gasteiger partial charge in [-0.05, 0) is 29.3 Å². The minimum Gasteiger partial charge on any atom is -0.293 e. The second-order valence-electron chi connectivity index (χ2n) is 7.29. The van der Waals surface area contributed by atoms with E-state index < -0.39 is 6.04 Å². The molecule has 0 aromatic heterocycles. The molecular weight excluding hydrogens is 376 g/mol. The van der Waals surface area contributed by atoms with Crippen molar-refractivity contribution in [2.45, 2.75) is 12.1 Å². The highest BCUT2D eigenvalue weighted by Crippen LogP contribution is 2.47. The Labute approximate surface area is 173 Å². The largest absolute Gasteiger partial charge is 0.293 e. The first kappa shape index (κ1) is 18.2. The van der Waals surface area contributed by atoms with Crippen LogP contribution in [0.3, 0.4) is 0 Å². The fourth-order valence-electron chi connectivity index (χ4n) is 3.97. The minimum atomic E-state index is -0.602. The van der Waals surface area contributed by atoms with Crippen molar-refractivity contribution in [3.63, 3.8) is 0 Å². The first-order chi connectivity index (χ1) is 14.7. The summed E-state index contributed by atoms with van der Waals surface area (Å²) < 4.78 is 0. The van der Waals surface area contributed by atoms with Gasteiger partial charge in [0.2, 0.25) is 0 Å². The van der Waals surface area contributed by atoms with Crippen molar-refractivity contribution < 1.29 is 14.4 Å². The Balaban J connectivity index is 1.47. The molecule has 0 spiro atoms. The van der Waals surface area contributed by atoms with E-state index in [-0.39, 0.29) is 23.6 Å². The molecule has 0 aliphatic carbocycles. The van der Waals surface area contributed by atoms with Crippen LogP contribution in [0.2, 0.25) is 0 Å². The molecule has 30 heavy (non-hydrogen) atoms. The average molecular weight is 394 g/mol. The van der Waals surface area contributed by atoms with Crippen LogP contribution in [-0.4, -0.2) is 33.7 Å². The molecule has 3 aromatic carbocycles. The smallest absolute Gasteiger partial charge is 0.276 e. The topological polar surface area (TPSA) is 57.5 Å². The molecule has 3 unspecified atom stereocenters. The molecule has 5 rings (SSSR count). The number of hydrogen-bond donors (Lipinski definition) is 0. The summed E-state index contributed by atoms with van der Waals surface area (Å²) in [5, 5.41) is 2.72. The first-order valence-corrected chi connectivity index (χ1v) is 9.75. The molecule has 2 heterocycles. The third kappa shape index (κ3) is 2.96. The van der Waals surface area contributed by atoms with Crippen LogP contribution in [0.15, 0.2) is 91.0 Å². The summed E-state index contributed by atoms with van der Waals surface area (Å²) in [6.07, 6.45) is 3.28. The van der Waals surface area contributed by atoms with Crippen molar-refractivity contribution in [3.8, 4) is 0 Å². The molecule has 3 atom stereocenters. The lowest BCUT2D eigenvalue weighted by Gasteiger charge is -2.16. The molecule has 5 heteroatoms. The standard InChI is InChI=1S/C25H18N2O3/c28-21(16-15-17-9-3-1-4-10-17)23-22(18-11-5-2-6-12-18)26(23)27-24(29)19-13-7-8-14-20(19)25(27)30/h1-16,22-23H/b16-15+. The summed E-state index contributed by atoms with van der Waals surface area (Å²) in [6, 6.07) is 24.8. The third-order valence-electron chi connectivity index (χ3n) is 5.46. The van der Waals surface area contributed by atoms with Gasteiger partial charge in [-0.3, -0.25) is 14.4 Å². The molecule has 1 fully saturated rings. The maximum Gasteiger partial charge on any atom is 0.276 e. The number of ketones is 1. The lowest BCUT2D eigenvalue weighted by molar-refractivity contribution is -0.115. The van der Waals surface area contributed by atoms with E-state index in [1.54, 1.807) is 35.4 Å². The summed E-state index contributed by atoms with van der Waals surface area (Å²) in [5.41, 5.74) is 2.54. The van der Waals surface area contributed by atoms with Crippen molar-refractivity contribution in [2.75, 3.05) is 0 Å². The highest BCUT2D eigenvalue weighted by atomic mass is 16.2. The molecule has 0 N–H and O–H groups in total. The SMILES string of the molecule is O=C(/C=C/c1ccccc1)C1C(c2ccccc2)N1N1C(=O)c2ccccc2C1=O. The monoisotopic (exact) mass is 394 g/mol. The summed E-state index contributed by atoms with van der Waals surface area (Å²) in [5.74, 6) is -0.929. The number of imide groups is 1. The maximum atomic E-state index is 13.0. The number of nitrogens with zero attached hydrogens (tertiary/aromatic N) is 2. The Bertz CT molecular complexity index is 1140. The second kappa shape index (κ2) is 7.21. The van der Waals surface area contributed by atoms with E-state index in [9.17, 15) is 14.4 Å². The Morgan fingerprint density at radius 2 is 1.27 bits per heavy atom. The number of benzene rings is 3. The van der Waals surface area contributed by atoms with Crippen LogP contribution < -0.4 is 0 Å². The van der Waals surface area contributed by atoms with Crippen molar-refractivity contribution in [2.24, 2.45) is 0 Å². The van der Waals surface area contributed by atoms with Crippen LogP contribution in [-0.2, 0) is 4.79 Å². The minimum absolute atomic E-state index is 0.149. The number of carbonyl (C=O) groups is 3. The van der Waals surface area contributed by atoms with E-state index in [2.05, 4.69) is 0 Å². The van der Waals surface area contributed by atoms with Gasteiger partial charge in [0, 0.05) is 0 Å². The molecule has 5 nitrogen and oxygen atoms in total. The maximum absolute atomic E-state index is 13.0. The quantitative estimate of drug-likeness (QED) is 0.374. The van der Waals surface area contributed by atoms with E-state index in [4.69, 9.17) is 0 Å². The van der Waals surface area contributed by atoms with Crippen LogP contribution in [0.25, 0.3) is 6.08 Å². The van der Waals surface area contributed by atoms with Crippen LogP contribution in [0, 0.1) is 0 Å². The van der Waals surface area contributed by atoms with Gasteiger partial charge in [-0.25, -0.2) is 5.01 Å². The number of amides is 2. The van der Waals surface area contributed by atoms with E-state index in [0.29, 0.717) is 11.1 Å². The van der Waals surface area contributed by atoms with Gasteiger partial charge in [0.05, 0.1) is 17.2 Å². The summed E-state index contributed by atoms with van der Waals surface area (Å²) in [6.45, 7) is 0. The van der Waals surface area contributed by atoms with Crippen LogP contribution in [0.5, 0.6) is 0 Å². The fraction of sp³-hybridized carbons (Fsp3) is 0.0800. The number of hydrogen-bond acceptors (Lipinski definition) is 4. The van der Waals surface area contributed by atoms with Gasteiger partial charge >= 0.3 is 0 Å². The van der Waals surface area contributed by atoms with E-state index >= 15 is 0 Å². The molecule has 0 saturated carbocycles. The summed E-state index contributed by atoms with van der Waals surface area (Å²) in [7, 11) is 0. The zero-order valence-corrected chi connectivity index (χ0v) is 16.0. The molecular formula is C25H18N2O3. The molecule has 1 saturated heterocycles. The fourth-order valence-corrected chi connectivity index (χ4v) is 3.97. The normalized spacial score (nSPS) is 22.4. The number of rotatable bonds is 5. The van der Waals surface area contributed by atoms with Crippen molar-refractivity contribution >= 4 is 23.7 Å². The zero-order chi connectivity index (χ0) is 20.7. The second-order valence-corrected chi connectivity index (χ2v) is 7.29. The van der Waals surface area contributed by atoms with Gasteiger partial charge in [0.15, 0.2) is 5.78 Å². The van der Waals surface area contributed by atoms with Crippen LogP contribution in [0.4, 0.5) is 0 Å². The Kier molecular flexibility index (Phi) is 4.38. The Hall–Kier alpha value is -3.83. The number of carbonyl (C=O) groups excluding carboxylic acids is 3. The van der Waals surface area contributed by atoms with Gasteiger partial charge in [-0.15, -0.1) is 0 Å². The third-order valence-corrected chi connectivity index (χ3v) is 5.46. The van der Waals surface area contributed by atoms with Gasteiger partial charge in [-0.2, -0.15) is 5.01 Å². The number of fused-ring (bicyclic) bond motifs is 1. The van der Waals surface area contributed by atoms with Gasteiger partial charge < -0.3 is 0 Å².